The second-order valence-corrected chi connectivity index (χ2v) is 4.88. The zero-order valence-corrected chi connectivity index (χ0v) is 11.8. The van der Waals surface area contributed by atoms with Crippen LogP contribution in [-0.4, -0.2) is 28.9 Å². The van der Waals surface area contributed by atoms with E-state index in [1.54, 1.807) is 18.2 Å². The summed E-state index contributed by atoms with van der Waals surface area (Å²) in [6.07, 6.45) is 1.61. The molecule has 110 valence electrons. The summed E-state index contributed by atoms with van der Waals surface area (Å²) in [7, 11) is -1.46. The number of hydrogen-bond donors (Lipinski definition) is 3. The van der Waals surface area contributed by atoms with Crippen molar-refractivity contribution < 1.29 is 19.9 Å². The molecule has 0 aliphatic rings. The van der Waals surface area contributed by atoms with Crippen molar-refractivity contribution in [3.8, 4) is 5.75 Å². The van der Waals surface area contributed by atoms with Crippen molar-refractivity contribution in [1.29, 1.82) is 0 Å². The first-order chi connectivity index (χ1) is 10.2. The molecule has 5 heteroatoms. The van der Waals surface area contributed by atoms with E-state index >= 15 is 0 Å². The molecule has 4 nitrogen and oxygen atoms in total. The van der Waals surface area contributed by atoms with Crippen LogP contribution in [-0.2, 0) is 13.0 Å². The molecule has 0 bridgehead atoms. The van der Waals surface area contributed by atoms with Crippen LogP contribution in [0.5, 0.6) is 5.75 Å². The summed E-state index contributed by atoms with van der Waals surface area (Å²) in [5, 5.41) is 27.1. The molecule has 0 amide bonds. The third kappa shape index (κ3) is 4.90. The van der Waals surface area contributed by atoms with Gasteiger partial charge in [0.05, 0.1) is 0 Å². The minimum Gasteiger partial charge on any atom is -0.489 e. The van der Waals surface area contributed by atoms with E-state index in [1.807, 2.05) is 30.3 Å². The molecule has 2 aromatic rings. The van der Waals surface area contributed by atoms with Gasteiger partial charge in [-0.1, -0.05) is 36.4 Å². The number of ether oxygens (including phenoxy) is 1. The highest BCUT2D eigenvalue weighted by atomic mass is 16.5. The normalized spacial score (nSPS) is 10.4. The topological polar surface area (TPSA) is 69.9 Å². The molecule has 3 N–H and O–H groups in total. The lowest BCUT2D eigenvalue weighted by Crippen LogP contribution is -2.29. The van der Waals surface area contributed by atoms with Crippen molar-refractivity contribution in [2.45, 2.75) is 19.4 Å². The molecule has 0 heterocycles. The molecule has 0 aromatic heterocycles. The van der Waals surface area contributed by atoms with Crippen molar-refractivity contribution in [2.75, 3.05) is 6.61 Å². The Balaban J connectivity index is 1.92. The molecule has 2 aromatic carbocycles. The van der Waals surface area contributed by atoms with E-state index in [0.717, 1.165) is 24.2 Å². The van der Waals surface area contributed by atoms with Crippen molar-refractivity contribution in [3.63, 3.8) is 0 Å². The fourth-order valence-corrected chi connectivity index (χ4v) is 2.05. The second-order valence-electron chi connectivity index (χ2n) is 4.88. The van der Waals surface area contributed by atoms with Crippen molar-refractivity contribution in [2.24, 2.45) is 0 Å². The van der Waals surface area contributed by atoms with Gasteiger partial charge in [-0.15, -0.1) is 0 Å². The quantitative estimate of drug-likeness (QED) is 0.661. The van der Waals surface area contributed by atoms with Gasteiger partial charge < -0.3 is 19.9 Å². The van der Waals surface area contributed by atoms with Crippen LogP contribution < -0.4 is 10.2 Å². The lowest BCUT2D eigenvalue weighted by atomic mass is 9.80. The first-order valence-corrected chi connectivity index (χ1v) is 6.96. The predicted molar refractivity (Wildman–Crippen MR) is 82.4 cm³/mol. The summed E-state index contributed by atoms with van der Waals surface area (Å²) in [6.45, 7) is 0.571. The smallest absolute Gasteiger partial charge is 0.488 e. The van der Waals surface area contributed by atoms with Crippen LogP contribution in [0.15, 0.2) is 48.5 Å². The van der Waals surface area contributed by atoms with Crippen LogP contribution in [0, 0.1) is 0 Å². The first-order valence-electron chi connectivity index (χ1n) is 6.96. The molecule has 0 fully saturated rings. The van der Waals surface area contributed by atoms with Gasteiger partial charge >= 0.3 is 7.12 Å². The van der Waals surface area contributed by atoms with Gasteiger partial charge in [0.25, 0.3) is 0 Å². The highest BCUT2D eigenvalue weighted by molar-refractivity contribution is 6.58. The van der Waals surface area contributed by atoms with Crippen molar-refractivity contribution in [3.05, 3.63) is 59.7 Å². The zero-order chi connectivity index (χ0) is 15.1. The fraction of sp³-hybridized carbons (Fsp3) is 0.250. The third-order valence-corrected chi connectivity index (χ3v) is 3.20. The minimum absolute atomic E-state index is 0.200. The lowest BCUT2D eigenvalue weighted by molar-refractivity contribution is 0.288. The molecular weight excluding hydrogens is 267 g/mol. The Kier molecular flexibility index (Phi) is 5.81. The maximum Gasteiger partial charge on any atom is 0.488 e. The van der Waals surface area contributed by atoms with Crippen LogP contribution in [0.3, 0.4) is 0 Å². The number of aryl methyl sites for hydroxylation is 1. The molecule has 0 saturated carbocycles. The first kappa shape index (κ1) is 15.6. The van der Waals surface area contributed by atoms with Crippen LogP contribution in [0.25, 0.3) is 0 Å². The van der Waals surface area contributed by atoms with E-state index in [4.69, 9.17) is 19.9 Å². The highest BCUT2D eigenvalue weighted by Gasteiger charge is 2.10. The largest absolute Gasteiger partial charge is 0.489 e. The van der Waals surface area contributed by atoms with Crippen LogP contribution in [0.1, 0.15) is 17.5 Å². The summed E-state index contributed by atoms with van der Waals surface area (Å²) in [5.41, 5.74) is 2.50. The SMILES string of the molecule is OCCCc1ccc(OCc2cccc(B(O)O)c2)cc1. The molecule has 0 radical (unpaired) electrons. The van der Waals surface area contributed by atoms with Crippen LogP contribution in [0.2, 0.25) is 0 Å². The summed E-state index contributed by atoms with van der Waals surface area (Å²) in [6, 6.07) is 14.8. The van der Waals surface area contributed by atoms with Gasteiger partial charge in [0.1, 0.15) is 12.4 Å². The predicted octanol–water partition coefficient (Wildman–Crippen LogP) is 0.870. The Morgan fingerprint density at radius 1 is 0.952 bits per heavy atom. The molecule has 0 aliphatic heterocycles. The molecule has 0 unspecified atom stereocenters. The number of hydrogen-bond acceptors (Lipinski definition) is 4. The number of aliphatic hydroxyl groups excluding tert-OH is 1. The van der Waals surface area contributed by atoms with E-state index in [2.05, 4.69) is 0 Å². The van der Waals surface area contributed by atoms with E-state index in [9.17, 15) is 0 Å². The van der Waals surface area contributed by atoms with E-state index in [-0.39, 0.29) is 6.61 Å². The molecular formula is C16H19BO4. The summed E-state index contributed by atoms with van der Waals surface area (Å²) in [5.74, 6) is 0.762. The monoisotopic (exact) mass is 286 g/mol. The number of aliphatic hydroxyl groups is 1. The van der Waals surface area contributed by atoms with Gasteiger partial charge in [-0.05, 0) is 41.6 Å². The van der Waals surface area contributed by atoms with E-state index in [1.165, 1.54) is 5.56 Å². The fourth-order valence-electron chi connectivity index (χ4n) is 2.05. The Labute approximate surface area is 124 Å². The average molecular weight is 286 g/mol. The Morgan fingerprint density at radius 2 is 1.71 bits per heavy atom. The molecule has 0 atom stereocenters. The summed E-state index contributed by atoms with van der Waals surface area (Å²) < 4.78 is 5.67. The van der Waals surface area contributed by atoms with Crippen LogP contribution >= 0.6 is 0 Å². The molecule has 0 aliphatic carbocycles. The maximum atomic E-state index is 9.13. The van der Waals surface area contributed by atoms with Gasteiger partial charge in [-0.25, -0.2) is 0 Å². The van der Waals surface area contributed by atoms with E-state index < -0.39 is 7.12 Å². The average Bonchev–Trinajstić information content (AvgIpc) is 2.52. The van der Waals surface area contributed by atoms with E-state index in [0.29, 0.717) is 12.1 Å². The Hall–Kier alpha value is -1.82. The zero-order valence-electron chi connectivity index (χ0n) is 11.8. The number of benzene rings is 2. The van der Waals surface area contributed by atoms with Gasteiger partial charge in [-0.2, -0.15) is 0 Å². The minimum atomic E-state index is -1.46. The van der Waals surface area contributed by atoms with Crippen LogP contribution in [0.4, 0.5) is 0 Å². The second kappa shape index (κ2) is 7.83. The molecule has 2 rings (SSSR count). The Bertz CT molecular complexity index is 554. The van der Waals surface area contributed by atoms with Gasteiger partial charge in [0.15, 0.2) is 0 Å². The lowest BCUT2D eigenvalue weighted by Gasteiger charge is -2.08. The Morgan fingerprint density at radius 3 is 2.38 bits per heavy atom. The third-order valence-electron chi connectivity index (χ3n) is 3.20. The van der Waals surface area contributed by atoms with Gasteiger partial charge in [0, 0.05) is 6.61 Å². The standard InChI is InChI=1S/C16H19BO4/c18-10-2-4-13-6-8-16(9-7-13)21-12-14-3-1-5-15(11-14)17(19)20/h1,3,5-9,11,18-20H,2,4,10,12H2. The van der Waals surface area contributed by atoms with Crippen molar-refractivity contribution in [1.82, 2.24) is 0 Å². The van der Waals surface area contributed by atoms with Gasteiger partial charge in [0.2, 0.25) is 0 Å². The maximum absolute atomic E-state index is 9.13. The molecule has 21 heavy (non-hydrogen) atoms. The van der Waals surface area contributed by atoms with Crippen molar-refractivity contribution >= 4 is 12.6 Å². The highest BCUT2D eigenvalue weighted by Crippen LogP contribution is 2.15. The summed E-state index contributed by atoms with van der Waals surface area (Å²) in [4.78, 5) is 0. The van der Waals surface area contributed by atoms with Gasteiger partial charge in [-0.3, -0.25) is 0 Å². The molecule has 0 spiro atoms. The number of rotatable bonds is 7. The summed E-state index contributed by atoms with van der Waals surface area (Å²) >= 11 is 0. The molecule has 0 saturated heterocycles.